The molecule has 0 rings (SSSR count). The predicted octanol–water partition coefficient (Wildman–Crippen LogP) is -2.68. The first-order valence-corrected chi connectivity index (χ1v) is 3.19. The zero-order valence-corrected chi connectivity index (χ0v) is 7.51. The van der Waals surface area contributed by atoms with Gasteiger partial charge in [0.15, 0.2) is 0 Å². The normalized spacial score (nSPS) is 10.5. The van der Waals surface area contributed by atoms with Crippen molar-refractivity contribution in [2.24, 2.45) is 0 Å². The number of hydroxylamine groups is 3. The maximum atomic E-state index is 10.00. The Morgan fingerprint density at radius 1 is 1.45 bits per heavy atom. The number of hydrogen-bond acceptors (Lipinski definition) is 2. The third kappa shape index (κ3) is 12.8. The summed E-state index contributed by atoms with van der Waals surface area (Å²) in [5.74, 6) is -0.812. The summed E-state index contributed by atoms with van der Waals surface area (Å²) in [5, 5.41) is 17.3. The van der Waals surface area contributed by atoms with Gasteiger partial charge in [0.1, 0.15) is 6.54 Å². The van der Waals surface area contributed by atoms with Crippen molar-refractivity contribution in [2.75, 3.05) is 20.6 Å². The average Bonchev–Trinajstić information content (AvgIpc) is 1.59. The molecule has 5 heteroatoms. The highest BCUT2D eigenvalue weighted by atomic mass is 35.5. The number of nitrogens with zero attached hydrogens (tertiary/aromatic N) is 1. The van der Waals surface area contributed by atoms with Crippen molar-refractivity contribution in [3.8, 4) is 0 Å². The molecule has 0 saturated carbocycles. The Morgan fingerprint density at radius 3 is 2.18 bits per heavy atom. The molecule has 0 amide bonds. The quantitative estimate of drug-likeness (QED) is 0.369. The van der Waals surface area contributed by atoms with E-state index in [1.807, 2.05) is 0 Å². The number of rotatable bonds is 4. The first-order chi connectivity index (χ1) is 4.42. The van der Waals surface area contributed by atoms with Crippen LogP contribution >= 0.6 is 0 Å². The van der Waals surface area contributed by atoms with Gasteiger partial charge in [-0.05, 0) is 0 Å². The third-order valence-electron chi connectivity index (χ3n) is 1.10. The molecule has 0 radical (unpaired) electrons. The molecule has 0 bridgehead atoms. The van der Waals surface area contributed by atoms with Gasteiger partial charge < -0.3 is 17.5 Å². The maximum Gasteiger partial charge on any atom is 0.303 e. The van der Waals surface area contributed by atoms with Gasteiger partial charge in [0.2, 0.25) is 0 Å². The van der Waals surface area contributed by atoms with Gasteiger partial charge in [-0.2, -0.15) is 4.65 Å². The standard InChI is InChI=1S/C6H13NO3.ClH/c1-7(2,10)5-3-4-6(8)9;/h10H,3-5H2,1-2H3;1H. The van der Waals surface area contributed by atoms with Crippen molar-refractivity contribution in [2.45, 2.75) is 12.8 Å². The number of carbonyl (C=O) groups is 1. The summed E-state index contributed by atoms with van der Waals surface area (Å²) in [6, 6.07) is 0. The van der Waals surface area contributed by atoms with E-state index in [1.54, 1.807) is 14.1 Å². The first-order valence-electron chi connectivity index (χ1n) is 3.19. The largest absolute Gasteiger partial charge is 1.00 e. The second kappa shape index (κ2) is 5.35. The molecule has 4 nitrogen and oxygen atoms in total. The molecule has 0 heterocycles. The molecular formula is C6H14ClNO3. The van der Waals surface area contributed by atoms with E-state index in [-0.39, 0.29) is 23.5 Å². The Hall–Kier alpha value is -0.320. The summed E-state index contributed by atoms with van der Waals surface area (Å²) in [4.78, 5) is 10.00. The minimum atomic E-state index is -0.812. The fraction of sp³-hybridized carbons (Fsp3) is 0.833. The van der Waals surface area contributed by atoms with Crippen LogP contribution in [0.25, 0.3) is 0 Å². The summed E-state index contributed by atoms with van der Waals surface area (Å²) < 4.78 is -0.159. The smallest absolute Gasteiger partial charge is 0.303 e. The fourth-order valence-electron chi connectivity index (χ4n) is 0.617. The van der Waals surface area contributed by atoms with Gasteiger partial charge in [-0.15, -0.1) is 0 Å². The third-order valence-corrected chi connectivity index (χ3v) is 1.10. The SMILES string of the molecule is C[N+](C)(O)CCCC(=O)O.[Cl-]. The van der Waals surface area contributed by atoms with Crippen molar-refractivity contribution in [1.29, 1.82) is 0 Å². The lowest BCUT2D eigenvalue weighted by Crippen LogP contribution is -3.00. The number of hydrogen-bond donors (Lipinski definition) is 2. The van der Waals surface area contributed by atoms with Crippen molar-refractivity contribution >= 4 is 5.97 Å². The summed E-state index contributed by atoms with van der Waals surface area (Å²) in [6.45, 7) is 0.478. The number of carboxylic acids is 1. The van der Waals surface area contributed by atoms with E-state index >= 15 is 0 Å². The van der Waals surface area contributed by atoms with Crippen LogP contribution in [-0.2, 0) is 4.79 Å². The van der Waals surface area contributed by atoms with Crippen LogP contribution in [0.2, 0.25) is 0 Å². The minimum absolute atomic E-state index is 0. The highest BCUT2D eigenvalue weighted by molar-refractivity contribution is 5.66. The van der Waals surface area contributed by atoms with E-state index in [1.165, 1.54) is 0 Å². The molecule has 0 aliphatic heterocycles. The second-order valence-corrected chi connectivity index (χ2v) is 2.84. The maximum absolute atomic E-state index is 10.00. The molecule has 0 aliphatic rings. The summed E-state index contributed by atoms with van der Waals surface area (Å²) in [5.41, 5.74) is 0. The monoisotopic (exact) mass is 183 g/mol. The summed E-state index contributed by atoms with van der Waals surface area (Å²) in [7, 11) is 3.23. The number of quaternary nitrogens is 1. The van der Waals surface area contributed by atoms with Crippen LogP contribution in [0.5, 0.6) is 0 Å². The number of carboxylic acid groups (broad SMARTS) is 1. The van der Waals surface area contributed by atoms with Gasteiger partial charge in [-0.3, -0.25) is 4.79 Å². The van der Waals surface area contributed by atoms with Crippen LogP contribution in [-0.4, -0.2) is 41.6 Å². The Labute approximate surface area is 72.4 Å². The molecular weight excluding hydrogens is 170 g/mol. The van der Waals surface area contributed by atoms with Crippen molar-refractivity contribution in [3.63, 3.8) is 0 Å². The first kappa shape index (κ1) is 13.3. The lowest BCUT2D eigenvalue weighted by Gasteiger charge is -2.18. The molecule has 2 N–H and O–H groups in total. The topological polar surface area (TPSA) is 57.5 Å². The Bertz CT molecular complexity index is 121. The summed E-state index contributed by atoms with van der Waals surface area (Å²) in [6.07, 6.45) is 0.640. The molecule has 0 fully saturated rings. The molecule has 68 valence electrons. The molecule has 0 atom stereocenters. The number of aliphatic carboxylic acids is 1. The zero-order chi connectivity index (χ0) is 8.20. The predicted molar refractivity (Wildman–Crippen MR) is 35.6 cm³/mol. The zero-order valence-electron chi connectivity index (χ0n) is 6.75. The lowest BCUT2D eigenvalue weighted by molar-refractivity contribution is -1.07. The molecule has 0 aliphatic carbocycles. The van der Waals surface area contributed by atoms with E-state index < -0.39 is 5.97 Å². The van der Waals surface area contributed by atoms with Gasteiger partial charge in [0.05, 0.1) is 20.5 Å². The number of halogens is 1. The molecule has 0 unspecified atom stereocenters. The van der Waals surface area contributed by atoms with Crippen LogP contribution in [0.1, 0.15) is 12.8 Å². The lowest BCUT2D eigenvalue weighted by atomic mass is 10.3. The molecule has 0 saturated heterocycles. The molecule has 0 aromatic rings. The van der Waals surface area contributed by atoms with Crippen LogP contribution in [0.3, 0.4) is 0 Å². The van der Waals surface area contributed by atoms with Gasteiger partial charge >= 0.3 is 5.97 Å². The summed E-state index contributed by atoms with van der Waals surface area (Å²) >= 11 is 0. The van der Waals surface area contributed by atoms with Crippen LogP contribution < -0.4 is 12.4 Å². The fourth-order valence-corrected chi connectivity index (χ4v) is 0.617. The van der Waals surface area contributed by atoms with Crippen molar-refractivity contribution in [3.05, 3.63) is 0 Å². The van der Waals surface area contributed by atoms with E-state index in [9.17, 15) is 4.79 Å². The van der Waals surface area contributed by atoms with E-state index in [2.05, 4.69) is 0 Å². The second-order valence-electron chi connectivity index (χ2n) is 2.84. The van der Waals surface area contributed by atoms with E-state index in [0.717, 1.165) is 0 Å². The molecule has 11 heavy (non-hydrogen) atoms. The Morgan fingerprint density at radius 2 is 1.91 bits per heavy atom. The minimum Gasteiger partial charge on any atom is -1.00 e. The molecule has 0 aromatic carbocycles. The van der Waals surface area contributed by atoms with Gasteiger partial charge in [-0.1, -0.05) is 0 Å². The molecule has 0 aromatic heterocycles. The van der Waals surface area contributed by atoms with Crippen molar-refractivity contribution in [1.82, 2.24) is 0 Å². The van der Waals surface area contributed by atoms with Crippen molar-refractivity contribution < 1.29 is 32.2 Å². The van der Waals surface area contributed by atoms with Crippen LogP contribution in [0.15, 0.2) is 0 Å². The molecule has 0 spiro atoms. The average molecular weight is 184 g/mol. The van der Waals surface area contributed by atoms with Crippen LogP contribution in [0, 0.1) is 0 Å². The van der Waals surface area contributed by atoms with E-state index in [0.29, 0.717) is 13.0 Å². The van der Waals surface area contributed by atoms with E-state index in [4.69, 9.17) is 10.3 Å². The Balaban J connectivity index is 0. The highest BCUT2D eigenvalue weighted by Crippen LogP contribution is 1.96. The van der Waals surface area contributed by atoms with Gasteiger partial charge in [0.25, 0.3) is 0 Å². The Kier molecular flexibility index (Phi) is 6.46. The van der Waals surface area contributed by atoms with Gasteiger partial charge in [-0.25, -0.2) is 5.21 Å². The van der Waals surface area contributed by atoms with Crippen LogP contribution in [0.4, 0.5) is 0 Å². The highest BCUT2D eigenvalue weighted by Gasteiger charge is 2.10. The van der Waals surface area contributed by atoms with Gasteiger partial charge in [0, 0.05) is 6.42 Å².